The molecule has 1 aliphatic heterocycles. The maximum Gasteiger partial charge on any atom is 0.241 e. The summed E-state index contributed by atoms with van der Waals surface area (Å²) in [6, 6.07) is 4.29. The number of para-hydroxylation sites is 1. The number of fused-ring (bicyclic) bond motifs is 1. The molecule has 0 aliphatic carbocycles. The van der Waals surface area contributed by atoms with Gasteiger partial charge in [0.15, 0.2) is 0 Å². The lowest BCUT2D eigenvalue weighted by Crippen LogP contribution is -2.44. The summed E-state index contributed by atoms with van der Waals surface area (Å²) in [6.07, 6.45) is 0. The van der Waals surface area contributed by atoms with Crippen LogP contribution in [0.1, 0.15) is 32.3 Å². The van der Waals surface area contributed by atoms with Gasteiger partial charge in [-0.3, -0.25) is 9.59 Å². The number of hydrogen-bond acceptors (Lipinski definition) is 4. The van der Waals surface area contributed by atoms with Gasteiger partial charge in [0.2, 0.25) is 11.8 Å². The van der Waals surface area contributed by atoms with Gasteiger partial charge in [0.05, 0.1) is 23.5 Å². The number of hydrogen-bond donors (Lipinski definition) is 4. The van der Waals surface area contributed by atoms with Gasteiger partial charge in [-0.05, 0) is 17.5 Å². The van der Waals surface area contributed by atoms with E-state index in [-0.39, 0.29) is 23.7 Å². The summed E-state index contributed by atoms with van der Waals surface area (Å²) in [4.78, 5) is 24.0. The highest BCUT2D eigenvalue weighted by molar-refractivity contribution is 6.05. The molecule has 1 heterocycles. The molecule has 1 aromatic rings. The Balaban J connectivity index is 2.31. The SMILES string of the molecule is CC(C)C(N)C(=O)Nc1cccc2c1NC(=O)C(N)C2C. The Bertz CT molecular complexity index is 571. The van der Waals surface area contributed by atoms with Crippen molar-refractivity contribution in [1.29, 1.82) is 0 Å². The quantitative estimate of drug-likeness (QED) is 0.665. The van der Waals surface area contributed by atoms with Gasteiger partial charge in [0.25, 0.3) is 0 Å². The zero-order valence-corrected chi connectivity index (χ0v) is 12.5. The smallest absolute Gasteiger partial charge is 0.241 e. The number of anilines is 2. The van der Waals surface area contributed by atoms with Crippen molar-refractivity contribution in [2.45, 2.75) is 38.8 Å². The fraction of sp³-hybridized carbons (Fsp3) is 0.467. The maximum atomic E-state index is 12.1. The van der Waals surface area contributed by atoms with Crippen LogP contribution in [0.3, 0.4) is 0 Å². The molecule has 3 atom stereocenters. The Morgan fingerprint density at radius 2 is 2.05 bits per heavy atom. The molecule has 1 aliphatic rings. The second-order valence-electron chi connectivity index (χ2n) is 5.83. The molecule has 0 fully saturated rings. The van der Waals surface area contributed by atoms with Crippen LogP contribution in [0, 0.1) is 5.92 Å². The van der Waals surface area contributed by atoms with Gasteiger partial charge in [-0.25, -0.2) is 0 Å². The predicted octanol–water partition coefficient (Wildman–Crippen LogP) is 0.991. The number of nitrogens with two attached hydrogens (primary N) is 2. The molecule has 0 aromatic heterocycles. The van der Waals surface area contributed by atoms with Crippen LogP contribution in [-0.2, 0) is 9.59 Å². The minimum Gasteiger partial charge on any atom is -0.323 e. The number of carbonyl (C=O) groups is 2. The molecule has 2 amide bonds. The summed E-state index contributed by atoms with van der Waals surface area (Å²) >= 11 is 0. The average molecular weight is 290 g/mol. The Hall–Kier alpha value is -1.92. The largest absolute Gasteiger partial charge is 0.323 e. The first-order chi connectivity index (χ1) is 9.82. The lowest BCUT2D eigenvalue weighted by molar-refractivity contribution is -0.119. The molecule has 3 unspecified atom stereocenters. The first-order valence-electron chi connectivity index (χ1n) is 7.08. The summed E-state index contributed by atoms with van der Waals surface area (Å²) in [5, 5.41) is 5.55. The molecular weight excluding hydrogens is 268 g/mol. The molecule has 0 spiro atoms. The minimum atomic E-state index is -0.597. The van der Waals surface area contributed by atoms with Crippen molar-refractivity contribution in [3.05, 3.63) is 23.8 Å². The number of carbonyl (C=O) groups excluding carboxylic acids is 2. The van der Waals surface area contributed by atoms with Crippen LogP contribution < -0.4 is 22.1 Å². The van der Waals surface area contributed by atoms with Crippen LogP contribution in [0.2, 0.25) is 0 Å². The van der Waals surface area contributed by atoms with Gasteiger partial charge >= 0.3 is 0 Å². The third-order valence-corrected chi connectivity index (χ3v) is 3.96. The highest BCUT2D eigenvalue weighted by Crippen LogP contribution is 2.36. The molecular formula is C15H22N4O2. The summed E-state index contributed by atoms with van der Waals surface area (Å²) in [7, 11) is 0. The molecule has 1 aromatic carbocycles. The molecule has 0 bridgehead atoms. The Kier molecular flexibility index (Phi) is 4.29. The van der Waals surface area contributed by atoms with Gasteiger partial charge in [-0.1, -0.05) is 32.9 Å². The molecule has 21 heavy (non-hydrogen) atoms. The minimum absolute atomic E-state index is 0.0338. The molecule has 6 N–H and O–H groups in total. The second kappa shape index (κ2) is 5.83. The Morgan fingerprint density at radius 1 is 1.38 bits per heavy atom. The topological polar surface area (TPSA) is 110 Å². The van der Waals surface area contributed by atoms with Crippen molar-refractivity contribution in [1.82, 2.24) is 0 Å². The summed E-state index contributed by atoms with van der Waals surface area (Å²) in [6.45, 7) is 5.66. The molecule has 0 saturated heterocycles. The Labute approximate surface area is 124 Å². The number of rotatable bonds is 3. The van der Waals surface area contributed by atoms with E-state index < -0.39 is 12.1 Å². The molecule has 0 radical (unpaired) electrons. The van der Waals surface area contributed by atoms with Crippen LogP contribution in [0.25, 0.3) is 0 Å². The standard InChI is InChI=1S/C15H22N4O2/c1-7(2)11(16)14(20)18-10-6-4-5-9-8(3)12(17)15(21)19-13(9)10/h4-8,11-12H,16-17H2,1-3H3,(H,18,20)(H,19,21). The van der Waals surface area contributed by atoms with Crippen LogP contribution >= 0.6 is 0 Å². The summed E-state index contributed by atoms with van der Waals surface area (Å²) in [5.74, 6) is -0.587. The van der Waals surface area contributed by atoms with Crippen LogP contribution in [0.4, 0.5) is 11.4 Å². The van der Waals surface area contributed by atoms with E-state index in [1.54, 1.807) is 6.07 Å². The van der Waals surface area contributed by atoms with Gasteiger partial charge < -0.3 is 22.1 Å². The Morgan fingerprint density at radius 3 is 2.67 bits per heavy atom. The van der Waals surface area contributed by atoms with E-state index in [4.69, 9.17) is 11.5 Å². The summed E-state index contributed by atoms with van der Waals surface area (Å²) in [5.41, 5.74) is 13.8. The molecule has 6 heteroatoms. The zero-order chi connectivity index (χ0) is 15.7. The molecule has 114 valence electrons. The van der Waals surface area contributed by atoms with E-state index in [0.717, 1.165) is 5.56 Å². The van der Waals surface area contributed by atoms with E-state index in [1.807, 2.05) is 32.9 Å². The van der Waals surface area contributed by atoms with E-state index >= 15 is 0 Å². The highest BCUT2D eigenvalue weighted by atomic mass is 16.2. The van der Waals surface area contributed by atoms with Crippen LogP contribution in [0.5, 0.6) is 0 Å². The van der Waals surface area contributed by atoms with Crippen molar-refractivity contribution in [3.8, 4) is 0 Å². The third-order valence-electron chi connectivity index (χ3n) is 3.96. The van der Waals surface area contributed by atoms with Crippen molar-refractivity contribution >= 4 is 23.2 Å². The highest BCUT2D eigenvalue weighted by Gasteiger charge is 2.31. The lowest BCUT2D eigenvalue weighted by atomic mass is 9.88. The second-order valence-corrected chi connectivity index (χ2v) is 5.83. The first-order valence-corrected chi connectivity index (χ1v) is 7.08. The maximum absolute atomic E-state index is 12.1. The van der Waals surface area contributed by atoms with Crippen LogP contribution in [-0.4, -0.2) is 23.9 Å². The predicted molar refractivity (Wildman–Crippen MR) is 82.9 cm³/mol. The van der Waals surface area contributed by atoms with Crippen molar-refractivity contribution in [3.63, 3.8) is 0 Å². The molecule has 0 saturated carbocycles. The summed E-state index contributed by atoms with van der Waals surface area (Å²) < 4.78 is 0. The fourth-order valence-electron chi connectivity index (χ4n) is 2.34. The average Bonchev–Trinajstić information content (AvgIpc) is 2.44. The fourth-order valence-corrected chi connectivity index (χ4v) is 2.34. The van der Waals surface area contributed by atoms with Gasteiger partial charge in [0.1, 0.15) is 0 Å². The monoisotopic (exact) mass is 290 g/mol. The van der Waals surface area contributed by atoms with E-state index in [2.05, 4.69) is 10.6 Å². The lowest BCUT2D eigenvalue weighted by Gasteiger charge is -2.30. The van der Waals surface area contributed by atoms with Gasteiger partial charge in [-0.15, -0.1) is 0 Å². The van der Waals surface area contributed by atoms with Crippen molar-refractivity contribution < 1.29 is 9.59 Å². The van der Waals surface area contributed by atoms with Crippen LogP contribution in [0.15, 0.2) is 18.2 Å². The third kappa shape index (κ3) is 2.91. The van der Waals surface area contributed by atoms with Gasteiger partial charge in [-0.2, -0.15) is 0 Å². The number of nitrogens with one attached hydrogen (secondary N) is 2. The van der Waals surface area contributed by atoms with Gasteiger partial charge in [0, 0.05) is 5.92 Å². The zero-order valence-electron chi connectivity index (χ0n) is 12.5. The molecule has 2 rings (SSSR count). The number of benzene rings is 1. The number of amides is 2. The van der Waals surface area contributed by atoms with E-state index in [9.17, 15) is 9.59 Å². The normalized spacial score (nSPS) is 22.5. The van der Waals surface area contributed by atoms with E-state index in [0.29, 0.717) is 11.4 Å². The molecule has 6 nitrogen and oxygen atoms in total. The van der Waals surface area contributed by atoms with Crippen molar-refractivity contribution in [2.75, 3.05) is 10.6 Å². The van der Waals surface area contributed by atoms with Crippen molar-refractivity contribution in [2.24, 2.45) is 17.4 Å². The van der Waals surface area contributed by atoms with E-state index in [1.165, 1.54) is 0 Å². The first kappa shape index (κ1) is 15.5.